The van der Waals surface area contributed by atoms with E-state index in [1.165, 1.54) is 35.1 Å². The average Bonchev–Trinajstić information content (AvgIpc) is 2.78. The highest BCUT2D eigenvalue weighted by molar-refractivity contribution is 5.94. The molecule has 0 aliphatic carbocycles. The highest BCUT2D eigenvalue weighted by atomic mass is 16.2. The first-order valence-electron chi connectivity index (χ1n) is 12.7. The number of nitrogens with zero attached hydrogens (tertiary/aromatic N) is 1. The molecule has 1 unspecified atom stereocenters. The van der Waals surface area contributed by atoms with Crippen molar-refractivity contribution in [1.29, 1.82) is 0 Å². The van der Waals surface area contributed by atoms with Crippen LogP contribution in [0.5, 0.6) is 0 Å². The summed E-state index contributed by atoms with van der Waals surface area (Å²) in [6.45, 7) is 15.4. The minimum atomic E-state index is 0.212. The van der Waals surface area contributed by atoms with Gasteiger partial charge in [0.15, 0.2) is 0 Å². The van der Waals surface area contributed by atoms with Crippen molar-refractivity contribution in [1.82, 2.24) is 4.90 Å². The van der Waals surface area contributed by atoms with Crippen molar-refractivity contribution >= 4 is 5.91 Å². The van der Waals surface area contributed by atoms with Gasteiger partial charge in [-0.2, -0.15) is 0 Å². The SMILES string of the molecule is CCc1cc(C(=O)N2CCC(C)(CC(CC)c3ccccc3C)CC2)ccc1CC(C)C. The number of hydrogen-bond donors (Lipinski definition) is 0. The van der Waals surface area contributed by atoms with Gasteiger partial charge in [0.1, 0.15) is 0 Å². The van der Waals surface area contributed by atoms with Gasteiger partial charge < -0.3 is 4.90 Å². The maximum atomic E-state index is 13.3. The lowest BCUT2D eigenvalue weighted by molar-refractivity contribution is 0.0578. The molecule has 1 atom stereocenters. The second kappa shape index (κ2) is 10.7. The van der Waals surface area contributed by atoms with Crippen LogP contribution in [0.15, 0.2) is 42.5 Å². The zero-order valence-corrected chi connectivity index (χ0v) is 21.2. The van der Waals surface area contributed by atoms with Crippen molar-refractivity contribution in [3.05, 3.63) is 70.3 Å². The van der Waals surface area contributed by atoms with Gasteiger partial charge in [0, 0.05) is 18.7 Å². The zero-order chi connectivity index (χ0) is 23.3. The third-order valence-corrected chi connectivity index (χ3v) is 7.58. The maximum absolute atomic E-state index is 13.3. The maximum Gasteiger partial charge on any atom is 0.253 e. The molecule has 0 N–H and O–H groups in total. The Morgan fingerprint density at radius 1 is 1.03 bits per heavy atom. The van der Waals surface area contributed by atoms with Crippen LogP contribution in [0.4, 0.5) is 0 Å². The summed E-state index contributed by atoms with van der Waals surface area (Å²) in [5.74, 6) is 1.45. The number of carbonyl (C=O) groups excluding carboxylic acids is 1. The molecule has 1 fully saturated rings. The van der Waals surface area contributed by atoms with Crippen LogP contribution in [0.25, 0.3) is 0 Å². The first-order valence-corrected chi connectivity index (χ1v) is 12.7. The van der Waals surface area contributed by atoms with Crippen molar-refractivity contribution < 1.29 is 4.79 Å². The van der Waals surface area contributed by atoms with E-state index < -0.39 is 0 Å². The summed E-state index contributed by atoms with van der Waals surface area (Å²) < 4.78 is 0. The van der Waals surface area contributed by atoms with E-state index in [-0.39, 0.29) is 5.91 Å². The summed E-state index contributed by atoms with van der Waals surface area (Å²) in [6, 6.07) is 15.2. The van der Waals surface area contributed by atoms with Crippen LogP contribution >= 0.6 is 0 Å². The largest absolute Gasteiger partial charge is 0.339 e. The van der Waals surface area contributed by atoms with E-state index in [1.807, 2.05) is 0 Å². The quantitative estimate of drug-likeness (QED) is 0.420. The monoisotopic (exact) mass is 433 g/mol. The molecular weight excluding hydrogens is 390 g/mol. The van der Waals surface area contributed by atoms with Gasteiger partial charge in [-0.3, -0.25) is 4.79 Å². The fourth-order valence-corrected chi connectivity index (χ4v) is 5.48. The number of rotatable bonds is 8. The van der Waals surface area contributed by atoms with Gasteiger partial charge in [0.05, 0.1) is 0 Å². The Hall–Kier alpha value is -2.09. The Morgan fingerprint density at radius 2 is 1.72 bits per heavy atom. The Morgan fingerprint density at radius 3 is 2.31 bits per heavy atom. The number of likely N-dealkylation sites (tertiary alicyclic amines) is 1. The molecule has 3 rings (SSSR count). The van der Waals surface area contributed by atoms with Crippen LogP contribution in [-0.2, 0) is 12.8 Å². The van der Waals surface area contributed by atoms with Crippen molar-refractivity contribution in [2.75, 3.05) is 13.1 Å². The van der Waals surface area contributed by atoms with E-state index in [4.69, 9.17) is 0 Å². The fraction of sp³-hybridized carbons (Fsp3) is 0.567. The second-order valence-electron chi connectivity index (χ2n) is 10.7. The lowest BCUT2D eigenvalue weighted by Crippen LogP contribution is -2.42. The van der Waals surface area contributed by atoms with Crippen LogP contribution in [-0.4, -0.2) is 23.9 Å². The lowest BCUT2D eigenvalue weighted by atomic mass is 9.71. The molecule has 0 radical (unpaired) electrons. The summed E-state index contributed by atoms with van der Waals surface area (Å²) in [6.07, 6.45) is 6.63. The molecule has 0 spiro atoms. The summed E-state index contributed by atoms with van der Waals surface area (Å²) in [4.78, 5) is 15.4. The molecule has 2 aromatic carbocycles. The Kier molecular flexibility index (Phi) is 8.20. The molecule has 2 aromatic rings. The molecule has 2 nitrogen and oxygen atoms in total. The van der Waals surface area contributed by atoms with Crippen molar-refractivity contribution in [2.45, 2.75) is 86.0 Å². The molecule has 0 aromatic heterocycles. The van der Waals surface area contributed by atoms with Crippen LogP contribution in [0.1, 0.15) is 98.8 Å². The van der Waals surface area contributed by atoms with E-state index in [2.05, 4.69) is 88.9 Å². The van der Waals surface area contributed by atoms with Gasteiger partial charge >= 0.3 is 0 Å². The van der Waals surface area contributed by atoms with Gasteiger partial charge in [0.2, 0.25) is 0 Å². The summed E-state index contributed by atoms with van der Waals surface area (Å²) in [5, 5.41) is 0. The predicted molar refractivity (Wildman–Crippen MR) is 136 cm³/mol. The van der Waals surface area contributed by atoms with E-state index in [9.17, 15) is 4.79 Å². The predicted octanol–water partition coefficient (Wildman–Crippen LogP) is 7.58. The molecule has 1 saturated heterocycles. The van der Waals surface area contributed by atoms with E-state index in [0.717, 1.165) is 44.3 Å². The highest BCUT2D eigenvalue weighted by Gasteiger charge is 2.34. The van der Waals surface area contributed by atoms with Crippen molar-refractivity contribution in [3.63, 3.8) is 0 Å². The third-order valence-electron chi connectivity index (χ3n) is 7.58. The Balaban J connectivity index is 1.65. The zero-order valence-electron chi connectivity index (χ0n) is 21.2. The van der Waals surface area contributed by atoms with E-state index in [0.29, 0.717) is 17.3 Å². The van der Waals surface area contributed by atoms with Gasteiger partial charge in [-0.05, 0) is 97.1 Å². The standard InChI is InChI=1S/C30H43NO/c1-7-24-20-27(14-13-26(24)19-22(3)4)29(32)31-17-15-30(6,16-18-31)21-25(8-2)28-12-10-9-11-23(28)5/h9-14,20,22,25H,7-8,15-19,21H2,1-6H3. The number of benzene rings is 2. The van der Waals surface area contributed by atoms with Crippen LogP contribution < -0.4 is 0 Å². The number of carbonyl (C=O) groups is 1. The molecule has 0 saturated carbocycles. The highest BCUT2D eigenvalue weighted by Crippen LogP contribution is 2.42. The minimum Gasteiger partial charge on any atom is -0.339 e. The lowest BCUT2D eigenvalue weighted by Gasteiger charge is -2.41. The Bertz CT molecular complexity index is 905. The first kappa shape index (κ1) is 24.6. The number of aryl methyl sites for hydroxylation is 2. The number of hydrogen-bond acceptors (Lipinski definition) is 1. The van der Waals surface area contributed by atoms with Crippen LogP contribution in [0.2, 0.25) is 0 Å². The molecule has 174 valence electrons. The molecule has 32 heavy (non-hydrogen) atoms. The van der Waals surface area contributed by atoms with Crippen molar-refractivity contribution in [2.24, 2.45) is 11.3 Å². The van der Waals surface area contributed by atoms with E-state index >= 15 is 0 Å². The number of amides is 1. The molecule has 1 heterocycles. The number of piperidine rings is 1. The Labute approximate surface area is 196 Å². The molecular formula is C30H43NO. The third kappa shape index (κ3) is 5.82. The van der Waals surface area contributed by atoms with Crippen LogP contribution in [0.3, 0.4) is 0 Å². The minimum absolute atomic E-state index is 0.212. The molecule has 1 aliphatic heterocycles. The molecule has 1 aliphatic rings. The molecule has 2 heteroatoms. The summed E-state index contributed by atoms with van der Waals surface area (Å²) in [7, 11) is 0. The fourth-order valence-electron chi connectivity index (χ4n) is 5.48. The normalized spacial score (nSPS) is 16.9. The second-order valence-corrected chi connectivity index (χ2v) is 10.7. The van der Waals surface area contributed by atoms with Crippen molar-refractivity contribution in [3.8, 4) is 0 Å². The molecule has 0 bridgehead atoms. The molecule has 1 amide bonds. The van der Waals surface area contributed by atoms with Gasteiger partial charge in [-0.1, -0.05) is 65.0 Å². The summed E-state index contributed by atoms with van der Waals surface area (Å²) in [5.41, 5.74) is 6.80. The summed E-state index contributed by atoms with van der Waals surface area (Å²) >= 11 is 0. The van der Waals surface area contributed by atoms with Gasteiger partial charge in [-0.25, -0.2) is 0 Å². The van der Waals surface area contributed by atoms with Gasteiger partial charge in [0.25, 0.3) is 5.91 Å². The average molecular weight is 434 g/mol. The van der Waals surface area contributed by atoms with E-state index in [1.54, 1.807) is 0 Å². The topological polar surface area (TPSA) is 20.3 Å². The first-order chi connectivity index (χ1) is 15.3. The van der Waals surface area contributed by atoms with Crippen LogP contribution in [0, 0.1) is 18.3 Å². The smallest absolute Gasteiger partial charge is 0.253 e. The van der Waals surface area contributed by atoms with Gasteiger partial charge in [-0.15, -0.1) is 0 Å².